The predicted octanol–water partition coefficient (Wildman–Crippen LogP) is 2.55. The molecule has 0 saturated heterocycles. The number of hydrogen-bond donors (Lipinski definition) is 2. The lowest BCUT2D eigenvalue weighted by Gasteiger charge is -2.41. The molecule has 0 bridgehead atoms. The first-order valence-corrected chi connectivity index (χ1v) is 6.81. The van der Waals surface area contributed by atoms with Crippen LogP contribution in [0.3, 0.4) is 0 Å². The van der Waals surface area contributed by atoms with Crippen LogP contribution in [-0.2, 0) is 0 Å². The third kappa shape index (κ3) is 2.78. The largest absolute Gasteiger partial charge is 0.497 e. The Labute approximate surface area is 115 Å². The van der Waals surface area contributed by atoms with Gasteiger partial charge in [0.2, 0.25) is 0 Å². The molecule has 106 valence electrons. The van der Waals surface area contributed by atoms with Gasteiger partial charge in [0.05, 0.1) is 19.9 Å². The summed E-state index contributed by atoms with van der Waals surface area (Å²) < 4.78 is 10.7. The van der Waals surface area contributed by atoms with Crippen molar-refractivity contribution in [3.63, 3.8) is 0 Å². The Hall–Kier alpha value is -1.42. The molecule has 0 unspecified atom stereocenters. The van der Waals surface area contributed by atoms with E-state index in [1.807, 2.05) is 12.1 Å². The fourth-order valence-corrected chi connectivity index (χ4v) is 2.63. The molecule has 0 radical (unpaired) electrons. The Morgan fingerprint density at radius 1 is 1.26 bits per heavy atom. The van der Waals surface area contributed by atoms with Gasteiger partial charge in [0.15, 0.2) is 0 Å². The number of nitrogens with two attached hydrogens (primary N) is 1. The zero-order valence-corrected chi connectivity index (χ0v) is 12.1. The monoisotopic (exact) mass is 264 g/mol. The van der Waals surface area contributed by atoms with Gasteiger partial charge in [-0.2, -0.15) is 0 Å². The summed E-state index contributed by atoms with van der Waals surface area (Å²) in [6.45, 7) is 3.72. The Bertz CT molecular complexity index is 437. The van der Waals surface area contributed by atoms with Crippen molar-refractivity contribution >= 4 is 5.69 Å². The lowest BCUT2D eigenvalue weighted by Crippen LogP contribution is -2.43. The number of nitrogens with one attached hydrogen (secondary N) is 1. The van der Waals surface area contributed by atoms with E-state index < -0.39 is 0 Å². The highest BCUT2D eigenvalue weighted by Crippen LogP contribution is 2.41. The van der Waals surface area contributed by atoms with Crippen LogP contribution in [0.5, 0.6) is 11.5 Å². The molecule has 1 saturated carbocycles. The maximum absolute atomic E-state index is 5.90. The number of benzene rings is 1. The molecule has 0 aliphatic heterocycles. The van der Waals surface area contributed by atoms with Gasteiger partial charge < -0.3 is 20.5 Å². The highest BCUT2D eigenvalue weighted by molar-refractivity contribution is 5.64. The molecule has 19 heavy (non-hydrogen) atoms. The predicted molar refractivity (Wildman–Crippen MR) is 78.1 cm³/mol. The van der Waals surface area contributed by atoms with Gasteiger partial charge in [-0.1, -0.05) is 6.42 Å². The number of anilines is 1. The number of hydrogen-bond acceptors (Lipinski definition) is 4. The number of methoxy groups -OCH3 is 2. The lowest BCUT2D eigenvalue weighted by atomic mass is 9.69. The van der Waals surface area contributed by atoms with Crippen molar-refractivity contribution in [2.45, 2.75) is 26.2 Å². The maximum atomic E-state index is 5.90. The molecule has 0 aromatic heterocycles. The van der Waals surface area contributed by atoms with Gasteiger partial charge in [0.25, 0.3) is 0 Å². The Balaban J connectivity index is 2.15. The zero-order chi connectivity index (χ0) is 13.9. The molecular formula is C15H24N2O2. The first kappa shape index (κ1) is 14.0. The van der Waals surface area contributed by atoms with Gasteiger partial charge in [-0.15, -0.1) is 0 Å². The van der Waals surface area contributed by atoms with Crippen molar-refractivity contribution < 1.29 is 9.47 Å². The van der Waals surface area contributed by atoms with E-state index in [-0.39, 0.29) is 5.41 Å². The molecule has 0 heterocycles. The number of aryl methyl sites for hydroxylation is 1. The zero-order valence-electron chi connectivity index (χ0n) is 12.1. The highest BCUT2D eigenvalue weighted by atomic mass is 16.5. The summed E-state index contributed by atoms with van der Waals surface area (Å²) in [5.41, 5.74) is 8.34. The van der Waals surface area contributed by atoms with Crippen LogP contribution in [0.4, 0.5) is 5.69 Å². The van der Waals surface area contributed by atoms with Crippen molar-refractivity contribution in [2.24, 2.45) is 11.1 Å². The van der Waals surface area contributed by atoms with E-state index in [4.69, 9.17) is 15.2 Å². The fraction of sp³-hybridized carbons (Fsp3) is 0.600. The van der Waals surface area contributed by atoms with E-state index in [1.165, 1.54) is 19.3 Å². The molecule has 1 aliphatic rings. The average molecular weight is 264 g/mol. The topological polar surface area (TPSA) is 56.5 Å². The van der Waals surface area contributed by atoms with Crippen molar-refractivity contribution in [1.82, 2.24) is 0 Å². The summed E-state index contributed by atoms with van der Waals surface area (Å²) in [5, 5.41) is 3.52. The highest BCUT2D eigenvalue weighted by Gasteiger charge is 2.35. The molecule has 1 fully saturated rings. The van der Waals surface area contributed by atoms with Crippen molar-refractivity contribution in [1.29, 1.82) is 0 Å². The molecule has 4 heteroatoms. The average Bonchev–Trinajstić information content (AvgIpc) is 2.38. The van der Waals surface area contributed by atoms with Gasteiger partial charge in [-0.25, -0.2) is 0 Å². The van der Waals surface area contributed by atoms with Crippen molar-refractivity contribution in [3.05, 3.63) is 17.7 Å². The van der Waals surface area contributed by atoms with Gasteiger partial charge in [0.1, 0.15) is 11.5 Å². The molecule has 1 aromatic carbocycles. The van der Waals surface area contributed by atoms with Crippen LogP contribution in [0, 0.1) is 12.3 Å². The summed E-state index contributed by atoms with van der Waals surface area (Å²) in [5.74, 6) is 1.64. The van der Waals surface area contributed by atoms with E-state index in [0.29, 0.717) is 0 Å². The van der Waals surface area contributed by atoms with Gasteiger partial charge >= 0.3 is 0 Å². The quantitative estimate of drug-likeness (QED) is 0.829. The van der Waals surface area contributed by atoms with Crippen molar-refractivity contribution in [2.75, 3.05) is 32.6 Å². The second-order valence-corrected chi connectivity index (χ2v) is 5.43. The Morgan fingerprint density at radius 2 is 2.00 bits per heavy atom. The second kappa shape index (κ2) is 5.70. The van der Waals surface area contributed by atoms with Crippen LogP contribution in [0.15, 0.2) is 12.1 Å². The standard InChI is InChI=1S/C15H24N2O2/c1-11-7-12(18-2)8-13(19-3)14(11)17-10-15(9-16)5-4-6-15/h7-8,17H,4-6,9-10,16H2,1-3H3. The number of rotatable bonds is 6. The molecule has 0 atom stereocenters. The summed E-state index contributed by atoms with van der Waals surface area (Å²) in [7, 11) is 3.35. The molecule has 1 aromatic rings. The molecule has 4 nitrogen and oxygen atoms in total. The smallest absolute Gasteiger partial charge is 0.145 e. The van der Waals surface area contributed by atoms with E-state index in [2.05, 4.69) is 12.2 Å². The summed E-state index contributed by atoms with van der Waals surface area (Å²) in [4.78, 5) is 0. The summed E-state index contributed by atoms with van der Waals surface area (Å²) in [6.07, 6.45) is 3.72. The SMILES string of the molecule is COc1cc(C)c(NCC2(CN)CCC2)c(OC)c1. The second-order valence-electron chi connectivity index (χ2n) is 5.43. The third-order valence-electron chi connectivity index (χ3n) is 4.22. The first-order chi connectivity index (χ1) is 9.14. The van der Waals surface area contributed by atoms with Crippen molar-refractivity contribution in [3.8, 4) is 11.5 Å². The first-order valence-electron chi connectivity index (χ1n) is 6.81. The lowest BCUT2D eigenvalue weighted by molar-refractivity contribution is 0.163. The third-order valence-corrected chi connectivity index (χ3v) is 4.22. The molecule has 0 spiro atoms. The minimum Gasteiger partial charge on any atom is -0.497 e. The minimum atomic E-state index is 0.275. The normalized spacial score (nSPS) is 16.6. The van der Waals surface area contributed by atoms with E-state index >= 15 is 0 Å². The minimum absolute atomic E-state index is 0.275. The Morgan fingerprint density at radius 3 is 2.47 bits per heavy atom. The fourth-order valence-electron chi connectivity index (χ4n) is 2.63. The van der Waals surface area contributed by atoms with Gasteiger partial charge in [-0.05, 0) is 43.4 Å². The van der Waals surface area contributed by atoms with Gasteiger partial charge in [-0.3, -0.25) is 0 Å². The van der Waals surface area contributed by atoms with E-state index in [0.717, 1.165) is 35.8 Å². The van der Waals surface area contributed by atoms with E-state index in [9.17, 15) is 0 Å². The van der Waals surface area contributed by atoms with Crippen LogP contribution < -0.4 is 20.5 Å². The molecule has 3 N–H and O–H groups in total. The summed E-state index contributed by atoms with van der Waals surface area (Å²) >= 11 is 0. The van der Waals surface area contributed by atoms with Crippen LogP contribution in [0.25, 0.3) is 0 Å². The van der Waals surface area contributed by atoms with Crippen LogP contribution >= 0.6 is 0 Å². The van der Waals surface area contributed by atoms with E-state index in [1.54, 1.807) is 14.2 Å². The van der Waals surface area contributed by atoms with Crippen LogP contribution in [-0.4, -0.2) is 27.3 Å². The van der Waals surface area contributed by atoms with Crippen LogP contribution in [0.2, 0.25) is 0 Å². The summed E-state index contributed by atoms with van der Waals surface area (Å²) in [6, 6.07) is 3.92. The molecule has 0 amide bonds. The van der Waals surface area contributed by atoms with Crippen LogP contribution in [0.1, 0.15) is 24.8 Å². The Kier molecular flexibility index (Phi) is 4.20. The molecular weight excluding hydrogens is 240 g/mol. The molecule has 1 aliphatic carbocycles. The van der Waals surface area contributed by atoms with Gasteiger partial charge in [0, 0.05) is 12.6 Å². The number of ether oxygens (including phenoxy) is 2. The maximum Gasteiger partial charge on any atom is 0.145 e. The molecule has 2 rings (SSSR count).